The van der Waals surface area contributed by atoms with Gasteiger partial charge in [0.15, 0.2) is 9.84 Å². The van der Waals surface area contributed by atoms with Crippen molar-refractivity contribution in [1.29, 1.82) is 0 Å². The number of rotatable bonds is 2. The van der Waals surface area contributed by atoms with Gasteiger partial charge in [0.05, 0.1) is 11.0 Å². The summed E-state index contributed by atoms with van der Waals surface area (Å²) >= 11 is 0. The second kappa shape index (κ2) is 5.53. The molecule has 0 aromatic heterocycles. The highest BCUT2D eigenvalue weighted by molar-refractivity contribution is 7.92. The quantitative estimate of drug-likeness (QED) is 0.838. The number of nitrogens with zero attached hydrogens (tertiary/aromatic N) is 1. The van der Waals surface area contributed by atoms with E-state index in [-0.39, 0.29) is 16.6 Å². The number of ether oxygens (including phenoxy) is 1. The Morgan fingerprint density at radius 2 is 2.09 bits per heavy atom. The molecule has 0 spiro atoms. The fraction of sp³-hybridized carbons (Fsp3) is 0.647. The average Bonchev–Trinajstić information content (AvgIpc) is 2.67. The van der Waals surface area contributed by atoms with Crippen LogP contribution in [0.5, 0.6) is 5.75 Å². The van der Waals surface area contributed by atoms with E-state index in [9.17, 15) is 8.42 Å². The van der Waals surface area contributed by atoms with Gasteiger partial charge in [-0.1, -0.05) is 12.1 Å². The molecule has 2 heterocycles. The first kappa shape index (κ1) is 15.8. The zero-order valence-corrected chi connectivity index (χ0v) is 14.4. The van der Waals surface area contributed by atoms with E-state index >= 15 is 0 Å². The van der Waals surface area contributed by atoms with Gasteiger partial charge in [-0.3, -0.25) is 4.90 Å². The predicted octanol–water partition coefficient (Wildman–Crippen LogP) is 2.41. The Bertz CT molecular complexity index is 666. The molecular weight excluding hydrogens is 298 g/mol. The Labute approximate surface area is 133 Å². The maximum atomic E-state index is 12.0. The highest BCUT2D eigenvalue weighted by atomic mass is 32.2. The minimum Gasteiger partial charge on any atom is -0.487 e. The average molecular weight is 323 g/mol. The summed E-state index contributed by atoms with van der Waals surface area (Å²) in [5, 5.41) is -0.216. The Morgan fingerprint density at radius 1 is 1.32 bits per heavy atom. The molecule has 0 bridgehead atoms. The van der Waals surface area contributed by atoms with Crippen LogP contribution >= 0.6 is 0 Å². The van der Waals surface area contributed by atoms with E-state index in [1.165, 1.54) is 11.1 Å². The smallest absolute Gasteiger partial charge is 0.154 e. The van der Waals surface area contributed by atoms with Crippen molar-refractivity contribution >= 4 is 9.84 Å². The zero-order valence-electron chi connectivity index (χ0n) is 13.6. The van der Waals surface area contributed by atoms with E-state index in [1.54, 1.807) is 0 Å². The number of sulfone groups is 1. The second-order valence-electron chi connectivity index (χ2n) is 7.22. The summed E-state index contributed by atoms with van der Waals surface area (Å²) in [7, 11) is -2.91. The summed E-state index contributed by atoms with van der Waals surface area (Å²) in [5.74, 6) is 1.26. The predicted molar refractivity (Wildman–Crippen MR) is 88.0 cm³/mol. The van der Waals surface area contributed by atoms with Crippen molar-refractivity contribution in [3.8, 4) is 5.75 Å². The van der Waals surface area contributed by atoms with Gasteiger partial charge in [0.1, 0.15) is 11.4 Å². The lowest BCUT2D eigenvalue weighted by Crippen LogP contribution is -2.26. The summed E-state index contributed by atoms with van der Waals surface area (Å²) in [6, 6.07) is 6.37. The van der Waals surface area contributed by atoms with Crippen molar-refractivity contribution in [3.05, 3.63) is 29.3 Å². The zero-order chi connectivity index (χ0) is 16.0. The molecule has 1 saturated heterocycles. The first-order valence-electron chi connectivity index (χ1n) is 8.00. The highest BCUT2D eigenvalue weighted by Crippen LogP contribution is 2.35. The van der Waals surface area contributed by atoms with Crippen LogP contribution in [0.25, 0.3) is 0 Å². The molecule has 4 nitrogen and oxygen atoms in total. The molecule has 1 aromatic carbocycles. The van der Waals surface area contributed by atoms with E-state index in [4.69, 9.17) is 4.74 Å². The van der Waals surface area contributed by atoms with Crippen LogP contribution in [0.15, 0.2) is 18.2 Å². The molecular formula is C17H25NO3S. The van der Waals surface area contributed by atoms with Crippen molar-refractivity contribution in [2.24, 2.45) is 0 Å². The number of fused-ring (bicyclic) bond motifs is 1. The first-order chi connectivity index (χ1) is 10.3. The Morgan fingerprint density at radius 3 is 2.86 bits per heavy atom. The molecule has 2 aliphatic rings. The van der Waals surface area contributed by atoms with Gasteiger partial charge in [0.25, 0.3) is 0 Å². The first-order valence-corrected chi connectivity index (χ1v) is 9.71. The van der Waals surface area contributed by atoms with Gasteiger partial charge < -0.3 is 4.74 Å². The third-order valence-electron chi connectivity index (χ3n) is 4.69. The van der Waals surface area contributed by atoms with Crippen molar-refractivity contribution in [3.63, 3.8) is 0 Å². The standard InChI is InChI=1S/C17H25NO3S/c1-13-6-7-18(8-9-22(13,19)20)12-14-4-5-16-15(10-14)11-17(2,3)21-16/h4-5,10,13H,6-9,11-12H2,1-3H3/t13-/m0/s1. The Kier molecular flexibility index (Phi) is 3.98. The van der Waals surface area contributed by atoms with Gasteiger partial charge in [0, 0.05) is 19.5 Å². The summed E-state index contributed by atoms with van der Waals surface area (Å²) in [4.78, 5) is 2.25. The molecule has 2 aliphatic heterocycles. The normalized spacial score (nSPS) is 27.0. The van der Waals surface area contributed by atoms with Crippen LogP contribution in [0, 0.1) is 0 Å². The third kappa shape index (κ3) is 3.30. The molecule has 0 saturated carbocycles. The van der Waals surface area contributed by atoms with Gasteiger partial charge in [-0.25, -0.2) is 8.42 Å². The largest absolute Gasteiger partial charge is 0.487 e. The van der Waals surface area contributed by atoms with E-state index in [0.29, 0.717) is 6.54 Å². The van der Waals surface area contributed by atoms with Crippen LogP contribution in [-0.4, -0.2) is 43.0 Å². The number of benzene rings is 1. The van der Waals surface area contributed by atoms with Gasteiger partial charge in [-0.2, -0.15) is 0 Å². The minimum absolute atomic E-state index is 0.118. The number of hydrogen-bond donors (Lipinski definition) is 0. The molecule has 0 amide bonds. The van der Waals surface area contributed by atoms with Gasteiger partial charge in [0.2, 0.25) is 0 Å². The van der Waals surface area contributed by atoms with E-state index in [0.717, 1.165) is 31.7 Å². The lowest BCUT2D eigenvalue weighted by molar-refractivity contribution is 0.138. The van der Waals surface area contributed by atoms with Crippen LogP contribution in [0.2, 0.25) is 0 Å². The molecule has 3 rings (SSSR count). The molecule has 122 valence electrons. The maximum Gasteiger partial charge on any atom is 0.154 e. The van der Waals surface area contributed by atoms with Crippen LogP contribution < -0.4 is 4.74 Å². The van der Waals surface area contributed by atoms with Crippen LogP contribution in [-0.2, 0) is 22.8 Å². The lowest BCUT2D eigenvalue weighted by Gasteiger charge is -2.19. The topological polar surface area (TPSA) is 46.6 Å². The molecule has 0 radical (unpaired) electrons. The molecule has 1 fully saturated rings. The van der Waals surface area contributed by atoms with Gasteiger partial charge >= 0.3 is 0 Å². The second-order valence-corrected chi connectivity index (χ2v) is 9.76. The van der Waals surface area contributed by atoms with Crippen molar-refractivity contribution in [2.45, 2.75) is 51.0 Å². The van der Waals surface area contributed by atoms with Crippen molar-refractivity contribution in [1.82, 2.24) is 4.90 Å². The monoisotopic (exact) mass is 323 g/mol. The van der Waals surface area contributed by atoms with E-state index < -0.39 is 9.84 Å². The van der Waals surface area contributed by atoms with Crippen LogP contribution in [0.1, 0.15) is 38.3 Å². The van der Waals surface area contributed by atoms with Crippen molar-refractivity contribution < 1.29 is 13.2 Å². The number of hydrogen-bond acceptors (Lipinski definition) is 4. The van der Waals surface area contributed by atoms with Crippen LogP contribution in [0.3, 0.4) is 0 Å². The summed E-state index contributed by atoms with van der Waals surface area (Å²) in [6.45, 7) is 8.33. The molecule has 0 unspecified atom stereocenters. The summed E-state index contributed by atoms with van der Waals surface area (Å²) in [5.41, 5.74) is 2.39. The van der Waals surface area contributed by atoms with E-state index in [2.05, 4.69) is 36.9 Å². The van der Waals surface area contributed by atoms with Gasteiger partial charge in [-0.15, -0.1) is 0 Å². The van der Waals surface area contributed by atoms with Crippen LogP contribution in [0.4, 0.5) is 0 Å². The van der Waals surface area contributed by atoms with Gasteiger partial charge in [-0.05, 0) is 50.9 Å². The third-order valence-corrected chi connectivity index (χ3v) is 6.90. The molecule has 1 atom stereocenters. The highest BCUT2D eigenvalue weighted by Gasteiger charge is 2.30. The Hall–Kier alpha value is -1.07. The SMILES string of the molecule is C[C@H]1CCN(Cc2ccc3c(c2)CC(C)(C)O3)CCS1(=O)=O. The maximum absolute atomic E-state index is 12.0. The molecule has 0 N–H and O–H groups in total. The fourth-order valence-corrected chi connectivity index (χ4v) is 4.67. The van der Waals surface area contributed by atoms with E-state index in [1.807, 2.05) is 6.92 Å². The minimum atomic E-state index is -2.91. The van der Waals surface area contributed by atoms with Crippen molar-refractivity contribution in [2.75, 3.05) is 18.8 Å². The molecule has 22 heavy (non-hydrogen) atoms. The lowest BCUT2D eigenvalue weighted by atomic mass is 10.00. The fourth-order valence-electron chi connectivity index (χ4n) is 3.29. The molecule has 1 aromatic rings. The Balaban J connectivity index is 1.70. The summed E-state index contributed by atoms with van der Waals surface area (Å²) < 4.78 is 29.9. The summed E-state index contributed by atoms with van der Waals surface area (Å²) in [6.07, 6.45) is 1.66. The molecule has 0 aliphatic carbocycles. The molecule has 5 heteroatoms.